The topological polar surface area (TPSA) is 72.8 Å². The third-order valence-electron chi connectivity index (χ3n) is 5.40. The number of hydrogen-bond acceptors (Lipinski definition) is 4. The highest BCUT2D eigenvalue weighted by Crippen LogP contribution is 2.33. The zero-order chi connectivity index (χ0) is 21.3. The van der Waals surface area contributed by atoms with Gasteiger partial charge in [-0.15, -0.1) is 0 Å². The van der Waals surface area contributed by atoms with Crippen molar-refractivity contribution in [2.75, 3.05) is 0 Å². The van der Waals surface area contributed by atoms with Gasteiger partial charge < -0.3 is 9.72 Å². The number of nitrogens with zero attached hydrogens (tertiary/aromatic N) is 3. The standard InChI is InChI=1S/C21H23F3N4O2/c1-2-11-28-19(29)16-18(26-17(25-16)13-7-4-3-5-8-13)27-20(28)30-15-10-6-9-14(12-15)21(22,23)24/h6,9-10,12-13H,2-5,7-8,11H2,1H3,(H,25,26). The van der Waals surface area contributed by atoms with Gasteiger partial charge >= 0.3 is 12.2 Å². The van der Waals surface area contributed by atoms with Crippen LogP contribution in [0.25, 0.3) is 11.2 Å². The second-order valence-corrected chi connectivity index (χ2v) is 7.63. The third kappa shape index (κ3) is 4.06. The van der Waals surface area contributed by atoms with E-state index in [4.69, 9.17) is 4.74 Å². The Morgan fingerprint density at radius 3 is 2.67 bits per heavy atom. The molecule has 0 atom stereocenters. The first-order chi connectivity index (χ1) is 14.4. The molecule has 3 aromatic rings. The maximum absolute atomic E-state index is 13.0. The summed E-state index contributed by atoms with van der Waals surface area (Å²) in [7, 11) is 0. The molecule has 4 rings (SSSR count). The molecule has 160 valence electrons. The molecule has 1 aliphatic carbocycles. The molecule has 0 bridgehead atoms. The lowest BCUT2D eigenvalue weighted by Crippen LogP contribution is -2.23. The number of benzene rings is 1. The normalized spacial score (nSPS) is 15.6. The maximum Gasteiger partial charge on any atom is 0.416 e. The minimum Gasteiger partial charge on any atom is -0.425 e. The van der Waals surface area contributed by atoms with E-state index in [1.165, 1.54) is 23.1 Å². The molecule has 0 radical (unpaired) electrons. The number of imidazole rings is 1. The van der Waals surface area contributed by atoms with Crippen LogP contribution in [-0.2, 0) is 12.7 Å². The lowest BCUT2D eigenvalue weighted by molar-refractivity contribution is -0.137. The van der Waals surface area contributed by atoms with Crippen LogP contribution < -0.4 is 10.3 Å². The molecule has 0 saturated heterocycles. The van der Waals surface area contributed by atoms with Crippen molar-refractivity contribution in [3.8, 4) is 11.8 Å². The van der Waals surface area contributed by atoms with Crippen molar-refractivity contribution >= 4 is 11.2 Å². The summed E-state index contributed by atoms with van der Waals surface area (Å²) in [6.07, 6.45) is 1.62. The summed E-state index contributed by atoms with van der Waals surface area (Å²) in [4.78, 5) is 25.1. The summed E-state index contributed by atoms with van der Waals surface area (Å²) in [6, 6.07) is 4.46. The van der Waals surface area contributed by atoms with E-state index < -0.39 is 11.7 Å². The van der Waals surface area contributed by atoms with Gasteiger partial charge in [-0.3, -0.25) is 9.36 Å². The summed E-state index contributed by atoms with van der Waals surface area (Å²) >= 11 is 0. The zero-order valence-corrected chi connectivity index (χ0v) is 16.6. The molecule has 9 heteroatoms. The predicted octanol–water partition coefficient (Wildman–Crippen LogP) is 5.39. The number of nitrogens with one attached hydrogen (secondary N) is 1. The Hall–Kier alpha value is -2.84. The Balaban J connectivity index is 1.75. The van der Waals surface area contributed by atoms with Crippen molar-refractivity contribution < 1.29 is 17.9 Å². The van der Waals surface area contributed by atoms with Crippen LogP contribution in [0, 0.1) is 0 Å². The number of rotatable bonds is 5. The molecule has 30 heavy (non-hydrogen) atoms. The molecule has 0 aliphatic heterocycles. The molecule has 0 unspecified atom stereocenters. The number of hydrogen-bond donors (Lipinski definition) is 1. The molecule has 0 spiro atoms. The molecule has 2 aromatic heterocycles. The fourth-order valence-corrected chi connectivity index (χ4v) is 3.89. The van der Waals surface area contributed by atoms with Gasteiger partial charge in [-0.25, -0.2) is 4.98 Å². The van der Waals surface area contributed by atoms with E-state index in [9.17, 15) is 18.0 Å². The minimum absolute atomic E-state index is 0.0380. The Kier molecular flexibility index (Phi) is 5.53. The molecule has 2 heterocycles. The van der Waals surface area contributed by atoms with Crippen LogP contribution in [0.5, 0.6) is 11.8 Å². The van der Waals surface area contributed by atoms with Crippen molar-refractivity contribution in [3.05, 3.63) is 46.0 Å². The van der Waals surface area contributed by atoms with Gasteiger partial charge in [-0.2, -0.15) is 18.2 Å². The zero-order valence-electron chi connectivity index (χ0n) is 16.6. The van der Waals surface area contributed by atoms with Crippen LogP contribution in [0.3, 0.4) is 0 Å². The summed E-state index contributed by atoms with van der Waals surface area (Å²) in [5, 5.41) is 0. The first kappa shape index (κ1) is 20.4. The van der Waals surface area contributed by atoms with Crippen molar-refractivity contribution in [1.29, 1.82) is 0 Å². The van der Waals surface area contributed by atoms with Crippen LogP contribution in [0.15, 0.2) is 29.1 Å². The summed E-state index contributed by atoms with van der Waals surface area (Å²) in [5.74, 6) is 0.970. The lowest BCUT2D eigenvalue weighted by Gasteiger charge is -2.18. The van der Waals surface area contributed by atoms with Crippen LogP contribution in [0.4, 0.5) is 13.2 Å². The van der Waals surface area contributed by atoms with Gasteiger partial charge in [-0.05, 0) is 37.5 Å². The molecule has 1 N–H and O–H groups in total. The van der Waals surface area contributed by atoms with Crippen molar-refractivity contribution in [2.45, 2.75) is 64.1 Å². The minimum atomic E-state index is -4.49. The average Bonchev–Trinajstić information content (AvgIpc) is 3.16. The van der Waals surface area contributed by atoms with E-state index in [0.29, 0.717) is 18.5 Å². The van der Waals surface area contributed by atoms with Crippen molar-refractivity contribution in [1.82, 2.24) is 19.5 Å². The predicted molar refractivity (Wildman–Crippen MR) is 106 cm³/mol. The van der Waals surface area contributed by atoms with E-state index >= 15 is 0 Å². The molecule has 1 aliphatic rings. The number of fused-ring (bicyclic) bond motifs is 1. The second kappa shape index (κ2) is 8.12. The fraction of sp³-hybridized carbons (Fsp3) is 0.476. The van der Waals surface area contributed by atoms with Crippen LogP contribution in [-0.4, -0.2) is 19.5 Å². The van der Waals surface area contributed by atoms with Gasteiger partial charge in [0, 0.05) is 12.5 Å². The molecule has 1 aromatic carbocycles. The first-order valence-electron chi connectivity index (χ1n) is 10.2. The highest BCUT2D eigenvalue weighted by atomic mass is 19.4. The van der Waals surface area contributed by atoms with Crippen molar-refractivity contribution in [3.63, 3.8) is 0 Å². The molecule has 1 saturated carbocycles. The van der Waals surface area contributed by atoms with Gasteiger partial charge in [0.2, 0.25) is 0 Å². The molecular formula is C21H23F3N4O2. The molecule has 1 fully saturated rings. The molecular weight excluding hydrogens is 397 g/mol. The summed E-state index contributed by atoms with van der Waals surface area (Å²) in [5.41, 5.74) is -0.626. The fourth-order valence-electron chi connectivity index (χ4n) is 3.89. The number of H-pyrrole nitrogens is 1. The second-order valence-electron chi connectivity index (χ2n) is 7.63. The number of halogens is 3. The summed E-state index contributed by atoms with van der Waals surface area (Å²) in [6.45, 7) is 2.22. The Labute approximate surface area is 171 Å². The van der Waals surface area contributed by atoms with Gasteiger partial charge in [0.25, 0.3) is 5.56 Å². The van der Waals surface area contributed by atoms with E-state index in [1.54, 1.807) is 0 Å². The van der Waals surface area contributed by atoms with Crippen LogP contribution in [0.1, 0.15) is 62.8 Å². The largest absolute Gasteiger partial charge is 0.425 e. The number of alkyl halides is 3. The highest BCUT2D eigenvalue weighted by Gasteiger charge is 2.31. The maximum atomic E-state index is 13.0. The Morgan fingerprint density at radius 1 is 1.20 bits per heavy atom. The van der Waals surface area contributed by atoms with Gasteiger partial charge in [0.05, 0.1) is 5.56 Å². The van der Waals surface area contributed by atoms with E-state index in [2.05, 4.69) is 15.0 Å². The Morgan fingerprint density at radius 2 is 1.97 bits per heavy atom. The van der Waals surface area contributed by atoms with Crippen molar-refractivity contribution in [2.24, 2.45) is 0 Å². The van der Waals surface area contributed by atoms with Gasteiger partial charge in [0.15, 0.2) is 11.2 Å². The quantitative estimate of drug-likeness (QED) is 0.601. The number of aromatic nitrogens is 4. The lowest BCUT2D eigenvalue weighted by atomic mass is 9.89. The molecule has 6 nitrogen and oxygen atoms in total. The smallest absolute Gasteiger partial charge is 0.416 e. The van der Waals surface area contributed by atoms with Gasteiger partial charge in [0.1, 0.15) is 11.6 Å². The summed E-state index contributed by atoms with van der Waals surface area (Å²) < 4.78 is 46.0. The first-order valence-corrected chi connectivity index (χ1v) is 10.2. The highest BCUT2D eigenvalue weighted by molar-refractivity contribution is 5.70. The van der Waals surface area contributed by atoms with Gasteiger partial charge in [-0.1, -0.05) is 32.3 Å². The van der Waals surface area contributed by atoms with E-state index in [0.717, 1.165) is 43.6 Å². The van der Waals surface area contributed by atoms with E-state index in [-0.39, 0.29) is 28.9 Å². The SMILES string of the molecule is CCCn1c(Oc2cccc(C(F)(F)F)c2)nc2nc(C3CCCCC3)[nH]c2c1=O. The monoisotopic (exact) mass is 420 g/mol. The number of ether oxygens (including phenoxy) is 1. The average molecular weight is 420 g/mol. The third-order valence-corrected chi connectivity index (χ3v) is 5.40. The van der Waals surface area contributed by atoms with Crippen LogP contribution >= 0.6 is 0 Å². The Bertz CT molecular complexity index is 1100. The van der Waals surface area contributed by atoms with Crippen LogP contribution in [0.2, 0.25) is 0 Å². The van der Waals surface area contributed by atoms with E-state index in [1.807, 2.05) is 6.92 Å². The number of aromatic amines is 1. The molecule has 0 amide bonds.